The average molecular weight is 262 g/mol. The number of alkyl halides is 1. The molecule has 1 fully saturated rings. The van der Waals surface area contributed by atoms with Crippen molar-refractivity contribution in [2.24, 2.45) is 11.3 Å². The minimum absolute atomic E-state index is 0.424. The van der Waals surface area contributed by atoms with Gasteiger partial charge in [-0.15, -0.1) is 0 Å². The summed E-state index contributed by atoms with van der Waals surface area (Å²) in [7, 11) is 0. The van der Waals surface area contributed by atoms with E-state index in [9.17, 15) is 0 Å². The fourth-order valence-electron chi connectivity index (χ4n) is 2.13. The first kappa shape index (κ1) is 12.5. The molecule has 1 unspecified atom stereocenters. The molecule has 0 N–H and O–H groups in total. The monoisotopic (exact) mass is 261 g/mol. The maximum atomic E-state index is 3.60. The van der Waals surface area contributed by atoms with Gasteiger partial charge in [-0.25, -0.2) is 0 Å². The minimum Gasteiger partial charge on any atom is -0.303 e. The van der Waals surface area contributed by atoms with Gasteiger partial charge in [-0.2, -0.15) is 0 Å². The summed E-state index contributed by atoms with van der Waals surface area (Å²) >= 11 is 3.60. The molecule has 0 saturated carbocycles. The van der Waals surface area contributed by atoms with E-state index in [0.717, 1.165) is 11.2 Å². The third kappa shape index (κ3) is 4.31. The normalized spacial score (nSPS) is 26.1. The maximum Gasteiger partial charge on any atom is 0.00949 e. The fraction of sp³-hybridized carbons (Fsp3) is 1.00. The molecule has 1 heterocycles. The smallest absolute Gasteiger partial charge is 0.00949 e. The van der Waals surface area contributed by atoms with Crippen molar-refractivity contribution in [2.45, 2.75) is 40.0 Å². The molecule has 1 nitrogen and oxygen atoms in total. The average Bonchev–Trinajstić information content (AvgIpc) is 2.31. The fourth-order valence-corrected chi connectivity index (χ4v) is 2.31. The van der Waals surface area contributed by atoms with E-state index in [1.54, 1.807) is 0 Å². The van der Waals surface area contributed by atoms with Gasteiger partial charge < -0.3 is 4.90 Å². The van der Waals surface area contributed by atoms with Gasteiger partial charge in [0.1, 0.15) is 0 Å². The molecule has 1 atom stereocenters. The number of likely N-dealkylation sites (tertiary alicyclic amines) is 1. The Hall–Kier alpha value is 0.440. The van der Waals surface area contributed by atoms with Crippen molar-refractivity contribution >= 4 is 15.9 Å². The van der Waals surface area contributed by atoms with Gasteiger partial charge in [-0.3, -0.25) is 0 Å². The van der Waals surface area contributed by atoms with Crippen LogP contribution in [0.1, 0.15) is 40.0 Å². The van der Waals surface area contributed by atoms with Crippen molar-refractivity contribution in [1.29, 1.82) is 0 Å². The van der Waals surface area contributed by atoms with E-state index >= 15 is 0 Å². The number of rotatable bonds is 3. The lowest BCUT2D eigenvalue weighted by molar-refractivity contribution is 0.200. The van der Waals surface area contributed by atoms with Crippen molar-refractivity contribution in [2.75, 3.05) is 25.0 Å². The molecule has 1 saturated heterocycles. The summed E-state index contributed by atoms with van der Waals surface area (Å²) in [5.41, 5.74) is 0.424. The van der Waals surface area contributed by atoms with Crippen molar-refractivity contribution in [3.8, 4) is 0 Å². The maximum absolute atomic E-state index is 3.60. The first-order valence-corrected chi connectivity index (χ1v) is 6.94. The molecule has 0 aromatic heterocycles. The van der Waals surface area contributed by atoms with Gasteiger partial charge in [0.05, 0.1) is 0 Å². The van der Waals surface area contributed by atoms with E-state index < -0.39 is 0 Å². The molecule has 84 valence electrons. The molecule has 0 spiro atoms. The molecular formula is C12H24BrN. The third-order valence-electron chi connectivity index (χ3n) is 3.12. The van der Waals surface area contributed by atoms with Crippen molar-refractivity contribution in [1.82, 2.24) is 4.90 Å². The van der Waals surface area contributed by atoms with Gasteiger partial charge in [-0.05, 0) is 43.7 Å². The number of nitrogens with zero attached hydrogens (tertiary/aromatic N) is 1. The zero-order valence-electron chi connectivity index (χ0n) is 9.85. The summed E-state index contributed by atoms with van der Waals surface area (Å²) in [5.74, 6) is 0.937. The highest BCUT2D eigenvalue weighted by Crippen LogP contribution is 2.23. The Bertz CT molecular complexity index is 168. The number of hydrogen-bond donors (Lipinski definition) is 0. The van der Waals surface area contributed by atoms with E-state index in [-0.39, 0.29) is 0 Å². The van der Waals surface area contributed by atoms with E-state index in [1.165, 1.54) is 38.9 Å². The summed E-state index contributed by atoms with van der Waals surface area (Å²) in [6.45, 7) is 10.9. The third-order valence-corrected chi connectivity index (χ3v) is 4.64. The van der Waals surface area contributed by atoms with Gasteiger partial charge in [0.25, 0.3) is 0 Å². The summed E-state index contributed by atoms with van der Waals surface area (Å²) in [6, 6.07) is 0. The first-order valence-electron chi connectivity index (χ1n) is 5.82. The van der Waals surface area contributed by atoms with Crippen LogP contribution in [0.3, 0.4) is 0 Å². The Kier molecular flexibility index (Phi) is 4.92. The summed E-state index contributed by atoms with van der Waals surface area (Å²) in [6.07, 6.45) is 4.20. The summed E-state index contributed by atoms with van der Waals surface area (Å²) < 4.78 is 0. The lowest BCUT2D eigenvalue weighted by Gasteiger charge is -2.30. The predicted octanol–water partition coefficient (Wildman–Crippen LogP) is 3.53. The van der Waals surface area contributed by atoms with Crippen LogP contribution in [0.5, 0.6) is 0 Å². The van der Waals surface area contributed by atoms with Crippen LogP contribution in [-0.4, -0.2) is 29.9 Å². The van der Waals surface area contributed by atoms with Crippen molar-refractivity contribution in [3.05, 3.63) is 0 Å². The highest BCUT2D eigenvalue weighted by Gasteiger charge is 2.22. The highest BCUT2D eigenvalue weighted by molar-refractivity contribution is 9.09. The topological polar surface area (TPSA) is 3.24 Å². The minimum atomic E-state index is 0.424. The molecule has 0 aliphatic carbocycles. The zero-order valence-corrected chi connectivity index (χ0v) is 11.4. The van der Waals surface area contributed by atoms with Gasteiger partial charge in [0, 0.05) is 11.9 Å². The molecule has 0 aromatic rings. The predicted molar refractivity (Wildman–Crippen MR) is 67.0 cm³/mol. The second-order valence-electron chi connectivity index (χ2n) is 5.61. The molecule has 0 aromatic carbocycles. The largest absolute Gasteiger partial charge is 0.303 e. The van der Waals surface area contributed by atoms with E-state index in [2.05, 4.69) is 41.6 Å². The molecule has 1 aliphatic rings. The molecule has 1 aliphatic heterocycles. The molecule has 0 radical (unpaired) electrons. The van der Waals surface area contributed by atoms with Gasteiger partial charge in [0.15, 0.2) is 0 Å². The standard InChI is InChI=1S/C12H24BrN/c1-11-5-4-7-14(8-6-11)10-12(2,3)9-13/h11H,4-10H2,1-3H3. The Balaban J connectivity index is 2.37. The van der Waals surface area contributed by atoms with Crippen molar-refractivity contribution < 1.29 is 0 Å². The van der Waals surface area contributed by atoms with Crippen LogP contribution in [0.15, 0.2) is 0 Å². The molecule has 2 heteroatoms. The van der Waals surface area contributed by atoms with Crippen LogP contribution in [0, 0.1) is 11.3 Å². The van der Waals surface area contributed by atoms with Crippen LogP contribution in [0.4, 0.5) is 0 Å². The van der Waals surface area contributed by atoms with E-state index in [1.807, 2.05) is 0 Å². The number of hydrogen-bond acceptors (Lipinski definition) is 1. The summed E-state index contributed by atoms with van der Waals surface area (Å²) in [4.78, 5) is 2.64. The van der Waals surface area contributed by atoms with Gasteiger partial charge in [0.2, 0.25) is 0 Å². The lowest BCUT2D eigenvalue weighted by atomic mass is 9.96. The molecule has 14 heavy (non-hydrogen) atoms. The lowest BCUT2D eigenvalue weighted by Crippen LogP contribution is -2.36. The van der Waals surface area contributed by atoms with Crippen LogP contribution in [-0.2, 0) is 0 Å². The zero-order chi connectivity index (χ0) is 10.6. The summed E-state index contributed by atoms with van der Waals surface area (Å²) in [5, 5.41) is 1.10. The van der Waals surface area contributed by atoms with E-state index in [4.69, 9.17) is 0 Å². The highest BCUT2D eigenvalue weighted by atomic mass is 79.9. The Morgan fingerprint density at radius 2 is 2.00 bits per heavy atom. The van der Waals surface area contributed by atoms with Crippen LogP contribution >= 0.6 is 15.9 Å². The quantitative estimate of drug-likeness (QED) is 0.703. The molecule has 0 amide bonds. The second kappa shape index (κ2) is 5.50. The Morgan fingerprint density at radius 1 is 1.29 bits per heavy atom. The van der Waals surface area contributed by atoms with Gasteiger partial charge >= 0.3 is 0 Å². The molecule has 1 rings (SSSR count). The SMILES string of the molecule is CC1CCCN(CC(C)(C)CBr)CC1. The molecule has 0 bridgehead atoms. The Morgan fingerprint density at radius 3 is 2.64 bits per heavy atom. The molecular weight excluding hydrogens is 238 g/mol. The van der Waals surface area contributed by atoms with Crippen LogP contribution in [0.25, 0.3) is 0 Å². The first-order chi connectivity index (χ1) is 6.53. The van der Waals surface area contributed by atoms with Crippen LogP contribution in [0.2, 0.25) is 0 Å². The second-order valence-corrected chi connectivity index (χ2v) is 6.17. The van der Waals surface area contributed by atoms with Crippen molar-refractivity contribution in [3.63, 3.8) is 0 Å². The Labute approximate surface area is 97.4 Å². The van der Waals surface area contributed by atoms with Gasteiger partial charge in [-0.1, -0.05) is 36.7 Å². The number of halogens is 1. The van der Waals surface area contributed by atoms with Crippen LogP contribution < -0.4 is 0 Å². The van der Waals surface area contributed by atoms with E-state index in [0.29, 0.717) is 5.41 Å².